The second-order valence-corrected chi connectivity index (χ2v) is 15.6. The van der Waals surface area contributed by atoms with E-state index in [1.165, 1.54) is 23.5 Å². The van der Waals surface area contributed by atoms with Gasteiger partial charge in [-0.1, -0.05) is 36.4 Å². The molecule has 1 unspecified atom stereocenters. The van der Waals surface area contributed by atoms with E-state index >= 15 is 0 Å². The predicted molar refractivity (Wildman–Crippen MR) is 178 cm³/mol. The zero-order valence-corrected chi connectivity index (χ0v) is 28.4. The fraction of sp³-hybridized carbons (Fsp3) is 0.455. The second-order valence-electron chi connectivity index (χ2n) is 11.9. The summed E-state index contributed by atoms with van der Waals surface area (Å²) in [5.74, 6) is 0.668. The average molecular weight is 689 g/mol. The van der Waals surface area contributed by atoms with E-state index in [2.05, 4.69) is 10.0 Å². The first-order valence-corrected chi connectivity index (χ1v) is 18.7. The minimum atomic E-state index is -3.85. The minimum absolute atomic E-state index is 0.0104. The monoisotopic (exact) mass is 688 g/mol. The van der Waals surface area contributed by atoms with Gasteiger partial charge in [-0.3, -0.25) is 0 Å². The van der Waals surface area contributed by atoms with Gasteiger partial charge in [-0.25, -0.2) is 21.6 Å². The summed E-state index contributed by atoms with van der Waals surface area (Å²) in [6, 6.07) is 19.1. The number of hydrogen-bond donors (Lipinski definition) is 4. The summed E-state index contributed by atoms with van der Waals surface area (Å²) in [7, 11) is -6.11. The highest BCUT2D eigenvalue weighted by atomic mass is 32.2. The molecule has 2 atom stereocenters. The van der Waals surface area contributed by atoms with Crippen molar-refractivity contribution in [3.05, 3.63) is 72.3 Å². The van der Waals surface area contributed by atoms with Crippen LogP contribution in [0.1, 0.15) is 31.7 Å². The lowest BCUT2D eigenvalue weighted by molar-refractivity contribution is -0.0312. The van der Waals surface area contributed by atoms with Crippen LogP contribution < -0.4 is 25.2 Å². The van der Waals surface area contributed by atoms with Crippen LogP contribution in [0, 0.1) is 0 Å². The lowest BCUT2D eigenvalue weighted by Crippen LogP contribution is -2.47. The summed E-state index contributed by atoms with van der Waals surface area (Å²) < 4.78 is 73.4. The number of sulfonamides is 2. The molecule has 3 aromatic carbocycles. The molecule has 5 rings (SSSR count). The number of nitrogens with two attached hydrogens (primary N) is 1. The van der Waals surface area contributed by atoms with Gasteiger partial charge in [-0.2, -0.15) is 4.31 Å². The van der Waals surface area contributed by atoms with E-state index in [1.807, 2.05) is 37.3 Å². The van der Waals surface area contributed by atoms with Gasteiger partial charge in [-0.15, -0.1) is 0 Å². The standard InChI is InChI=1S/C33H44N4O8S2/c1-3-43-31-12-11-26(25-9-7-24(20-34)8-10-25)17-32(31)47(41,42)37-15-13-33(14-16-37)19-27(22-45-33)36-21-28(38)23-44-29-5-4-6-30(18-29)46(39,40)35-2/h4-12,17-18,27-28,35-36,38H,3,13-16,19-23,34H2,1-2H3/t27-,28?/m1/s1. The molecule has 0 bridgehead atoms. The van der Waals surface area contributed by atoms with E-state index in [-0.39, 0.29) is 29.0 Å². The maximum atomic E-state index is 14.0. The number of benzene rings is 3. The number of hydrogen-bond acceptors (Lipinski definition) is 10. The Morgan fingerprint density at radius 2 is 1.74 bits per heavy atom. The Bertz CT molecular complexity index is 1730. The quantitative estimate of drug-likeness (QED) is 0.197. The Morgan fingerprint density at radius 3 is 2.43 bits per heavy atom. The molecule has 2 saturated heterocycles. The van der Waals surface area contributed by atoms with Crippen LogP contribution in [-0.4, -0.2) is 90.5 Å². The molecule has 0 aliphatic carbocycles. The van der Waals surface area contributed by atoms with E-state index in [0.29, 0.717) is 63.6 Å². The molecular formula is C33H44N4O8S2. The van der Waals surface area contributed by atoms with Crippen molar-refractivity contribution in [2.45, 2.75) is 60.3 Å². The molecule has 2 fully saturated rings. The van der Waals surface area contributed by atoms with Crippen molar-refractivity contribution in [1.82, 2.24) is 14.3 Å². The molecule has 1 spiro atoms. The fourth-order valence-corrected chi connectivity index (χ4v) is 8.36. The van der Waals surface area contributed by atoms with Gasteiger partial charge in [0.25, 0.3) is 0 Å². The molecule has 0 saturated carbocycles. The van der Waals surface area contributed by atoms with Gasteiger partial charge in [0.1, 0.15) is 29.1 Å². The van der Waals surface area contributed by atoms with E-state index in [4.69, 9.17) is 19.9 Å². The third-order valence-electron chi connectivity index (χ3n) is 8.70. The Morgan fingerprint density at radius 1 is 1.02 bits per heavy atom. The Hall–Kier alpha value is -3.08. The molecule has 256 valence electrons. The van der Waals surface area contributed by atoms with Gasteiger partial charge in [0.05, 0.1) is 23.7 Å². The first kappa shape index (κ1) is 35.2. The number of nitrogens with zero attached hydrogens (tertiary/aromatic N) is 1. The minimum Gasteiger partial charge on any atom is -0.492 e. The Balaban J connectivity index is 1.15. The van der Waals surface area contributed by atoms with Crippen LogP contribution in [0.4, 0.5) is 0 Å². The van der Waals surface area contributed by atoms with Gasteiger partial charge in [-0.05, 0) is 74.2 Å². The number of rotatable bonds is 14. The normalized spacial score (nSPS) is 19.1. The van der Waals surface area contributed by atoms with Gasteiger partial charge < -0.3 is 30.4 Å². The Kier molecular flexibility index (Phi) is 11.2. The zero-order chi connectivity index (χ0) is 33.7. The van der Waals surface area contributed by atoms with Crippen LogP contribution in [0.3, 0.4) is 0 Å². The molecule has 2 aliphatic heterocycles. The lowest BCUT2D eigenvalue weighted by Gasteiger charge is -2.38. The SMILES string of the molecule is CCOc1ccc(-c2ccc(CN)cc2)cc1S(=O)(=O)N1CCC2(CC1)C[C@@H](NCC(O)COc1cccc(S(=O)(=O)NC)c1)CO2. The van der Waals surface area contributed by atoms with E-state index in [1.54, 1.807) is 24.3 Å². The van der Waals surface area contributed by atoms with Gasteiger partial charge in [0, 0.05) is 38.3 Å². The van der Waals surface area contributed by atoms with Gasteiger partial charge >= 0.3 is 0 Å². The summed E-state index contributed by atoms with van der Waals surface area (Å²) in [6.45, 7) is 3.91. The van der Waals surface area contributed by atoms with Crippen LogP contribution in [0.5, 0.6) is 11.5 Å². The lowest BCUT2D eigenvalue weighted by atomic mass is 9.88. The fourth-order valence-electron chi connectivity index (χ4n) is 6.00. The molecule has 0 aromatic heterocycles. The third kappa shape index (κ3) is 8.32. The zero-order valence-electron chi connectivity index (χ0n) is 26.7. The molecular weight excluding hydrogens is 645 g/mol. The predicted octanol–water partition coefficient (Wildman–Crippen LogP) is 2.46. The van der Waals surface area contributed by atoms with Crippen LogP contribution in [0.25, 0.3) is 11.1 Å². The molecule has 0 amide bonds. The summed E-state index contributed by atoms with van der Waals surface area (Å²) >= 11 is 0. The molecule has 14 heteroatoms. The van der Waals surface area contributed by atoms with Crippen molar-refractivity contribution in [1.29, 1.82) is 0 Å². The molecule has 47 heavy (non-hydrogen) atoms. The van der Waals surface area contributed by atoms with E-state index in [0.717, 1.165) is 16.7 Å². The first-order valence-electron chi connectivity index (χ1n) is 15.8. The maximum absolute atomic E-state index is 14.0. The van der Waals surface area contributed by atoms with Crippen molar-refractivity contribution in [3.63, 3.8) is 0 Å². The van der Waals surface area contributed by atoms with Crippen molar-refractivity contribution in [3.8, 4) is 22.6 Å². The molecule has 3 aromatic rings. The molecule has 2 aliphatic rings. The van der Waals surface area contributed by atoms with E-state index in [9.17, 15) is 21.9 Å². The topological polar surface area (TPSA) is 170 Å². The van der Waals surface area contributed by atoms with Crippen LogP contribution in [0.15, 0.2) is 76.5 Å². The smallest absolute Gasteiger partial charge is 0.246 e. The van der Waals surface area contributed by atoms with E-state index < -0.39 is 31.8 Å². The molecule has 5 N–H and O–H groups in total. The van der Waals surface area contributed by atoms with Gasteiger partial charge in [0.15, 0.2) is 0 Å². The largest absolute Gasteiger partial charge is 0.492 e. The molecule has 2 heterocycles. The third-order valence-corrected chi connectivity index (χ3v) is 12.0. The number of ether oxygens (including phenoxy) is 3. The van der Waals surface area contributed by atoms with Crippen molar-refractivity contribution in [2.75, 3.05) is 46.5 Å². The number of piperidine rings is 1. The summed E-state index contributed by atoms with van der Waals surface area (Å²) in [5.41, 5.74) is 7.96. The van der Waals surface area contributed by atoms with Crippen LogP contribution >= 0.6 is 0 Å². The highest BCUT2D eigenvalue weighted by molar-refractivity contribution is 7.89. The average Bonchev–Trinajstić information content (AvgIpc) is 3.48. The maximum Gasteiger partial charge on any atom is 0.246 e. The van der Waals surface area contributed by atoms with Crippen molar-refractivity contribution < 1.29 is 36.2 Å². The summed E-state index contributed by atoms with van der Waals surface area (Å²) in [6.07, 6.45) is 0.951. The van der Waals surface area contributed by atoms with Gasteiger partial charge in [0.2, 0.25) is 20.0 Å². The van der Waals surface area contributed by atoms with Crippen molar-refractivity contribution in [2.24, 2.45) is 5.73 Å². The van der Waals surface area contributed by atoms with Crippen LogP contribution in [0.2, 0.25) is 0 Å². The van der Waals surface area contributed by atoms with Crippen LogP contribution in [-0.2, 0) is 31.3 Å². The first-order chi connectivity index (χ1) is 22.5. The number of nitrogens with one attached hydrogen (secondary N) is 2. The molecule has 12 nitrogen and oxygen atoms in total. The molecule has 0 radical (unpaired) electrons. The number of aliphatic hydroxyl groups excluding tert-OH is 1. The highest BCUT2D eigenvalue weighted by Gasteiger charge is 2.45. The second kappa shape index (κ2) is 15.0. The van der Waals surface area contributed by atoms with Crippen molar-refractivity contribution >= 4 is 20.0 Å². The summed E-state index contributed by atoms with van der Waals surface area (Å²) in [5, 5.41) is 13.8. The summed E-state index contributed by atoms with van der Waals surface area (Å²) in [4.78, 5) is 0.226. The Labute approximate surface area is 277 Å². The highest BCUT2D eigenvalue weighted by Crippen LogP contribution is 2.39. The number of aliphatic hydroxyl groups is 1.